The Kier molecular flexibility index (Phi) is 4.45. The third kappa shape index (κ3) is 3.16. The summed E-state index contributed by atoms with van der Waals surface area (Å²) in [4.78, 5) is 42.5. The molecule has 0 saturated heterocycles. The molecule has 0 fully saturated rings. The summed E-state index contributed by atoms with van der Waals surface area (Å²) in [6.45, 7) is 1.42. The van der Waals surface area contributed by atoms with Crippen LogP contribution in [-0.2, 0) is 4.79 Å². The number of aromatic nitrogens is 1. The molecular formula is C22H17N3O3. The first-order chi connectivity index (χ1) is 13.5. The van der Waals surface area contributed by atoms with Gasteiger partial charge in [0.25, 0.3) is 11.8 Å². The molecule has 6 heteroatoms. The fraction of sp³-hybridized carbons (Fsp3) is 0.0909. The zero-order valence-corrected chi connectivity index (χ0v) is 15.2. The quantitative estimate of drug-likeness (QED) is 0.714. The first-order valence-electron chi connectivity index (χ1n) is 8.82. The molecule has 1 N–H and O–H groups in total. The molecule has 0 radical (unpaired) electrons. The van der Waals surface area contributed by atoms with Crippen LogP contribution in [0.3, 0.4) is 0 Å². The maximum atomic E-state index is 12.5. The number of imide groups is 1. The van der Waals surface area contributed by atoms with E-state index >= 15 is 0 Å². The number of nitrogens with zero attached hydrogens (tertiary/aromatic N) is 2. The van der Waals surface area contributed by atoms with E-state index in [4.69, 9.17) is 0 Å². The topological polar surface area (TPSA) is 79.4 Å². The lowest BCUT2D eigenvalue weighted by Crippen LogP contribution is -2.37. The second-order valence-electron chi connectivity index (χ2n) is 6.54. The van der Waals surface area contributed by atoms with Crippen LogP contribution in [0.4, 0.5) is 5.82 Å². The maximum absolute atomic E-state index is 12.5. The van der Waals surface area contributed by atoms with Crippen molar-refractivity contribution in [2.24, 2.45) is 0 Å². The molecule has 0 bridgehead atoms. The molecule has 0 unspecified atom stereocenters. The van der Waals surface area contributed by atoms with Gasteiger partial charge in [-0.05, 0) is 36.2 Å². The molecule has 0 aliphatic carbocycles. The average molecular weight is 371 g/mol. The number of carbonyl (C=O) groups excluding carboxylic acids is 3. The maximum Gasteiger partial charge on any atom is 0.262 e. The van der Waals surface area contributed by atoms with Gasteiger partial charge in [-0.15, -0.1) is 0 Å². The van der Waals surface area contributed by atoms with Gasteiger partial charge in [-0.1, -0.05) is 42.5 Å². The summed E-state index contributed by atoms with van der Waals surface area (Å²) in [5, 5.41) is 2.63. The Balaban J connectivity index is 1.45. The van der Waals surface area contributed by atoms with Gasteiger partial charge in [-0.3, -0.25) is 19.3 Å². The minimum Gasteiger partial charge on any atom is -0.309 e. The van der Waals surface area contributed by atoms with Crippen LogP contribution in [0.5, 0.6) is 0 Å². The number of rotatable bonds is 4. The molecule has 6 nitrogen and oxygen atoms in total. The van der Waals surface area contributed by atoms with Gasteiger partial charge < -0.3 is 5.32 Å². The van der Waals surface area contributed by atoms with Crippen molar-refractivity contribution in [2.45, 2.75) is 6.92 Å². The van der Waals surface area contributed by atoms with Gasteiger partial charge in [0.05, 0.1) is 11.1 Å². The van der Waals surface area contributed by atoms with Gasteiger partial charge in [0.1, 0.15) is 12.4 Å². The molecule has 2 heterocycles. The van der Waals surface area contributed by atoms with E-state index in [-0.39, 0.29) is 6.54 Å². The molecule has 0 spiro atoms. The average Bonchev–Trinajstić information content (AvgIpc) is 2.95. The number of pyridine rings is 1. The van der Waals surface area contributed by atoms with Crippen molar-refractivity contribution < 1.29 is 14.4 Å². The van der Waals surface area contributed by atoms with Crippen molar-refractivity contribution in [2.75, 3.05) is 11.9 Å². The highest BCUT2D eigenvalue weighted by Crippen LogP contribution is 2.25. The number of amides is 3. The summed E-state index contributed by atoms with van der Waals surface area (Å²) >= 11 is 0. The van der Waals surface area contributed by atoms with Gasteiger partial charge in [-0.25, -0.2) is 4.98 Å². The fourth-order valence-corrected chi connectivity index (χ4v) is 3.24. The molecule has 0 atom stereocenters. The summed E-state index contributed by atoms with van der Waals surface area (Å²) in [5.74, 6) is -1.02. The molecule has 3 aromatic rings. The van der Waals surface area contributed by atoms with E-state index in [9.17, 15) is 14.4 Å². The van der Waals surface area contributed by atoms with E-state index in [2.05, 4.69) is 10.3 Å². The molecule has 28 heavy (non-hydrogen) atoms. The van der Waals surface area contributed by atoms with Crippen molar-refractivity contribution in [3.8, 4) is 11.1 Å². The molecule has 1 aliphatic heterocycles. The zero-order chi connectivity index (χ0) is 19.7. The number of hydrogen-bond acceptors (Lipinski definition) is 4. The Morgan fingerprint density at radius 1 is 0.929 bits per heavy atom. The van der Waals surface area contributed by atoms with Crippen LogP contribution in [0.15, 0.2) is 66.9 Å². The zero-order valence-electron chi connectivity index (χ0n) is 15.2. The Labute approximate surface area is 161 Å². The molecule has 1 aliphatic rings. The Hall–Kier alpha value is -3.80. The van der Waals surface area contributed by atoms with Crippen molar-refractivity contribution in [3.63, 3.8) is 0 Å². The van der Waals surface area contributed by atoms with E-state index in [0.29, 0.717) is 16.9 Å². The summed E-state index contributed by atoms with van der Waals surface area (Å²) in [6.07, 6.45) is 1.66. The summed E-state index contributed by atoms with van der Waals surface area (Å²) < 4.78 is 0. The van der Waals surface area contributed by atoms with Gasteiger partial charge in [0.15, 0.2) is 0 Å². The molecular weight excluding hydrogens is 354 g/mol. The number of nitrogens with one attached hydrogen (secondary N) is 1. The molecule has 138 valence electrons. The van der Waals surface area contributed by atoms with Crippen molar-refractivity contribution in [1.29, 1.82) is 0 Å². The summed E-state index contributed by atoms with van der Waals surface area (Å²) in [5.41, 5.74) is 3.37. The lowest BCUT2D eigenvalue weighted by atomic mass is 10.0. The Morgan fingerprint density at radius 2 is 1.71 bits per heavy atom. The predicted molar refractivity (Wildman–Crippen MR) is 105 cm³/mol. The summed E-state index contributed by atoms with van der Waals surface area (Å²) in [7, 11) is 0. The number of hydrogen-bond donors (Lipinski definition) is 1. The number of fused-ring (bicyclic) bond motifs is 1. The van der Waals surface area contributed by atoms with Crippen LogP contribution in [0.2, 0.25) is 0 Å². The minimum atomic E-state index is -0.480. The highest BCUT2D eigenvalue weighted by Gasteiger charge is 2.37. The van der Waals surface area contributed by atoms with Crippen molar-refractivity contribution >= 4 is 23.5 Å². The summed E-state index contributed by atoms with van der Waals surface area (Å²) in [6, 6.07) is 18.4. The standard InChI is InChI=1S/C22H17N3O3/c1-14-6-5-9-17-20(14)22(28)25(21(17)27)13-19(26)24-18-11-10-16(12-23-18)15-7-3-2-4-8-15/h2-12H,13H2,1H3,(H,23,24,26). The van der Waals surface area contributed by atoms with E-state index in [1.807, 2.05) is 36.4 Å². The lowest BCUT2D eigenvalue weighted by Gasteiger charge is -2.13. The molecule has 4 rings (SSSR count). The SMILES string of the molecule is Cc1cccc2c1C(=O)N(CC(=O)Nc1ccc(-c3ccccc3)cn1)C2=O. The second kappa shape index (κ2) is 7.08. The lowest BCUT2D eigenvalue weighted by molar-refractivity contribution is -0.116. The van der Waals surface area contributed by atoms with Gasteiger partial charge in [-0.2, -0.15) is 0 Å². The normalized spacial score (nSPS) is 12.8. The number of aryl methyl sites for hydroxylation is 1. The first kappa shape index (κ1) is 17.6. The van der Waals surface area contributed by atoms with Gasteiger partial charge in [0.2, 0.25) is 5.91 Å². The van der Waals surface area contributed by atoms with E-state index in [1.165, 1.54) is 0 Å². The third-order valence-corrected chi connectivity index (χ3v) is 4.65. The first-order valence-corrected chi connectivity index (χ1v) is 8.82. The van der Waals surface area contributed by atoms with Crippen LogP contribution in [0, 0.1) is 6.92 Å². The van der Waals surface area contributed by atoms with Crippen molar-refractivity contribution in [1.82, 2.24) is 9.88 Å². The molecule has 0 saturated carbocycles. The molecule has 3 amide bonds. The predicted octanol–water partition coefficient (Wildman–Crippen LogP) is 3.29. The highest BCUT2D eigenvalue weighted by molar-refractivity contribution is 6.23. The van der Waals surface area contributed by atoms with Crippen LogP contribution in [0.1, 0.15) is 26.3 Å². The van der Waals surface area contributed by atoms with E-state index < -0.39 is 17.7 Å². The van der Waals surface area contributed by atoms with Gasteiger partial charge in [0, 0.05) is 11.8 Å². The number of carbonyl (C=O) groups is 3. The van der Waals surface area contributed by atoms with Crippen molar-refractivity contribution in [3.05, 3.63) is 83.6 Å². The Bertz CT molecular complexity index is 1080. The third-order valence-electron chi connectivity index (χ3n) is 4.65. The van der Waals surface area contributed by atoms with Gasteiger partial charge >= 0.3 is 0 Å². The molecule has 2 aromatic carbocycles. The monoisotopic (exact) mass is 371 g/mol. The van der Waals surface area contributed by atoms with Crippen LogP contribution < -0.4 is 5.32 Å². The number of anilines is 1. The fourth-order valence-electron chi connectivity index (χ4n) is 3.24. The van der Waals surface area contributed by atoms with E-state index in [0.717, 1.165) is 21.6 Å². The van der Waals surface area contributed by atoms with Crippen LogP contribution in [0.25, 0.3) is 11.1 Å². The number of benzene rings is 2. The highest BCUT2D eigenvalue weighted by atomic mass is 16.2. The van der Waals surface area contributed by atoms with Crippen LogP contribution in [-0.4, -0.2) is 34.2 Å². The second-order valence-corrected chi connectivity index (χ2v) is 6.54. The van der Waals surface area contributed by atoms with E-state index in [1.54, 1.807) is 37.4 Å². The largest absolute Gasteiger partial charge is 0.309 e. The van der Waals surface area contributed by atoms with Crippen LogP contribution >= 0.6 is 0 Å². The minimum absolute atomic E-state index is 0.336. The Morgan fingerprint density at radius 3 is 2.39 bits per heavy atom. The molecule has 1 aromatic heterocycles. The smallest absolute Gasteiger partial charge is 0.262 e.